The van der Waals surface area contributed by atoms with Crippen molar-refractivity contribution in [2.24, 2.45) is 7.05 Å². The van der Waals surface area contributed by atoms with Crippen LogP contribution in [0.3, 0.4) is 0 Å². The van der Waals surface area contributed by atoms with Gasteiger partial charge >= 0.3 is 0 Å². The van der Waals surface area contributed by atoms with Gasteiger partial charge in [0.2, 0.25) is 5.43 Å². The molecule has 1 amide bonds. The van der Waals surface area contributed by atoms with Crippen LogP contribution < -0.4 is 15.5 Å². The summed E-state index contributed by atoms with van der Waals surface area (Å²) in [5.74, 6) is -0.478. The summed E-state index contributed by atoms with van der Waals surface area (Å²) < 4.78 is 20.7. The normalized spacial score (nSPS) is 10.7. The predicted molar refractivity (Wildman–Crippen MR) is 112 cm³/mol. The number of nitrogens with one attached hydrogen (secondary N) is 1. The highest BCUT2D eigenvalue weighted by molar-refractivity contribution is 6.04. The molecule has 6 nitrogen and oxygen atoms in total. The van der Waals surface area contributed by atoms with E-state index in [1.165, 1.54) is 16.8 Å². The molecule has 0 spiro atoms. The van der Waals surface area contributed by atoms with Gasteiger partial charge in [-0.15, -0.1) is 0 Å². The molecule has 7 heteroatoms. The van der Waals surface area contributed by atoms with Crippen molar-refractivity contribution in [3.05, 3.63) is 100 Å². The van der Waals surface area contributed by atoms with Crippen molar-refractivity contribution in [2.45, 2.75) is 6.61 Å². The van der Waals surface area contributed by atoms with Crippen molar-refractivity contribution in [1.82, 2.24) is 9.78 Å². The molecule has 0 aliphatic heterocycles. The number of carbonyl (C=O) groups excluding carboxylic acids is 1. The summed E-state index contributed by atoms with van der Waals surface area (Å²) in [5.41, 5.74) is 0.860. The number of ether oxygens (including phenoxy) is 1. The maximum absolute atomic E-state index is 13.6. The second kappa shape index (κ2) is 8.16. The third kappa shape index (κ3) is 4.05. The van der Waals surface area contributed by atoms with E-state index < -0.39 is 17.2 Å². The third-order valence-electron chi connectivity index (χ3n) is 4.57. The molecule has 0 saturated carbocycles. The summed E-state index contributed by atoms with van der Waals surface area (Å²) >= 11 is 0. The number of para-hydroxylation sites is 1. The quantitative estimate of drug-likeness (QED) is 0.549. The van der Waals surface area contributed by atoms with Crippen molar-refractivity contribution in [3.8, 4) is 5.75 Å². The summed E-state index contributed by atoms with van der Waals surface area (Å²) in [5, 5.41) is 6.85. The minimum absolute atomic E-state index is 0.0997. The van der Waals surface area contributed by atoms with Crippen molar-refractivity contribution >= 4 is 22.5 Å². The Labute approximate surface area is 171 Å². The van der Waals surface area contributed by atoms with Crippen LogP contribution in [-0.4, -0.2) is 15.7 Å². The zero-order chi connectivity index (χ0) is 21.1. The lowest BCUT2D eigenvalue weighted by Crippen LogP contribution is -2.26. The van der Waals surface area contributed by atoms with Crippen LogP contribution in [-0.2, 0) is 13.7 Å². The minimum atomic E-state index is -0.664. The maximum atomic E-state index is 13.6. The van der Waals surface area contributed by atoms with Gasteiger partial charge in [-0.1, -0.05) is 30.3 Å². The molecule has 3 aromatic carbocycles. The zero-order valence-corrected chi connectivity index (χ0v) is 16.1. The number of hydrogen-bond donors (Lipinski definition) is 1. The molecule has 30 heavy (non-hydrogen) atoms. The Morgan fingerprint density at radius 2 is 1.87 bits per heavy atom. The topological polar surface area (TPSA) is 73.2 Å². The number of carbonyl (C=O) groups is 1. The summed E-state index contributed by atoms with van der Waals surface area (Å²) in [6.45, 7) is 0.322. The Balaban J connectivity index is 1.56. The molecule has 0 saturated heterocycles. The number of benzene rings is 3. The minimum Gasteiger partial charge on any atom is -0.489 e. The number of fused-ring (bicyclic) bond motifs is 1. The number of rotatable bonds is 5. The molecule has 1 N–H and O–H groups in total. The first-order valence-corrected chi connectivity index (χ1v) is 9.26. The average molecular weight is 403 g/mol. The number of amides is 1. The number of halogens is 1. The van der Waals surface area contributed by atoms with E-state index in [4.69, 9.17) is 4.74 Å². The van der Waals surface area contributed by atoms with Crippen LogP contribution in [0.4, 0.5) is 10.1 Å². The van der Waals surface area contributed by atoms with Gasteiger partial charge in [-0.3, -0.25) is 14.3 Å². The molecule has 4 rings (SSSR count). The van der Waals surface area contributed by atoms with Crippen molar-refractivity contribution in [3.63, 3.8) is 0 Å². The van der Waals surface area contributed by atoms with E-state index in [2.05, 4.69) is 10.4 Å². The zero-order valence-electron chi connectivity index (χ0n) is 16.1. The highest BCUT2D eigenvalue weighted by atomic mass is 19.1. The molecule has 150 valence electrons. The van der Waals surface area contributed by atoms with Crippen LogP contribution in [0.5, 0.6) is 5.75 Å². The fourth-order valence-electron chi connectivity index (χ4n) is 3.11. The van der Waals surface area contributed by atoms with E-state index in [0.717, 1.165) is 17.4 Å². The van der Waals surface area contributed by atoms with Gasteiger partial charge in [0.05, 0.1) is 10.9 Å². The fraction of sp³-hybridized carbons (Fsp3) is 0.0870. The van der Waals surface area contributed by atoms with Crippen molar-refractivity contribution in [2.75, 3.05) is 5.32 Å². The lowest BCUT2D eigenvalue weighted by atomic mass is 10.1. The SMILES string of the molecule is Cn1nc(C(=O)Nc2cccc(COc3ccccc3)c2)c(=O)c2cc(F)ccc21. The van der Waals surface area contributed by atoms with Gasteiger partial charge < -0.3 is 10.1 Å². The molecule has 0 bridgehead atoms. The van der Waals surface area contributed by atoms with Gasteiger partial charge in [-0.2, -0.15) is 5.10 Å². The second-order valence-corrected chi connectivity index (χ2v) is 6.72. The van der Waals surface area contributed by atoms with Crippen LogP contribution >= 0.6 is 0 Å². The van der Waals surface area contributed by atoms with Crippen LogP contribution in [0.2, 0.25) is 0 Å². The van der Waals surface area contributed by atoms with Gasteiger partial charge in [0.1, 0.15) is 18.2 Å². The molecule has 0 atom stereocenters. The summed E-state index contributed by atoms with van der Waals surface area (Å²) in [6.07, 6.45) is 0. The first-order chi connectivity index (χ1) is 14.5. The Bertz CT molecular complexity index is 1290. The van der Waals surface area contributed by atoms with Crippen LogP contribution in [0.1, 0.15) is 16.1 Å². The van der Waals surface area contributed by atoms with Crippen LogP contribution in [0, 0.1) is 5.82 Å². The van der Waals surface area contributed by atoms with Gasteiger partial charge in [-0.05, 0) is 48.0 Å². The Morgan fingerprint density at radius 1 is 1.07 bits per heavy atom. The summed E-state index contributed by atoms with van der Waals surface area (Å²) in [4.78, 5) is 25.4. The van der Waals surface area contributed by atoms with Gasteiger partial charge in [0, 0.05) is 12.7 Å². The summed E-state index contributed by atoms with van der Waals surface area (Å²) in [7, 11) is 1.60. The van der Waals surface area contributed by atoms with E-state index >= 15 is 0 Å². The molecule has 0 radical (unpaired) electrons. The smallest absolute Gasteiger partial charge is 0.280 e. The van der Waals surface area contributed by atoms with E-state index in [1.807, 2.05) is 36.4 Å². The van der Waals surface area contributed by atoms with E-state index in [1.54, 1.807) is 25.2 Å². The second-order valence-electron chi connectivity index (χ2n) is 6.72. The average Bonchev–Trinajstić information content (AvgIpc) is 2.75. The monoisotopic (exact) mass is 403 g/mol. The number of nitrogens with zero attached hydrogens (tertiary/aromatic N) is 2. The molecule has 4 aromatic rings. The Kier molecular flexibility index (Phi) is 5.26. The van der Waals surface area contributed by atoms with Gasteiger partial charge in [0.25, 0.3) is 5.91 Å². The predicted octanol–water partition coefficient (Wildman–Crippen LogP) is 3.90. The highest BCUT2D eigenvalue weighted by Gasteiger charge is 2.17. The first-order valence-electron chi connectivity index (χ1n) is 9.26. The standard InChI is InChI=1S/C23H18FN3O3/c1-27-20-11-10-16(24)13-19(20)22(28)21(26-27)23(29)25-17-7-5-6-15(12-17)14-30-18-8-3-2-4-9-18/h2-13H,14H2,1H3,(H,25,29). The molecule has 0 unspecified atom stereocenters. The lowest BCUT2D eigenvalue weighted by Gasteiger charge is -2.10. The van der Waals surface area contributed by atoms with E-state index in [0.29, 0.717) is 17.8 Å². The first kappa shape index (κ1) is 19.3. The number of hydrogen-bond acceptors (Lipinski definition) is 4. The van der Waals surface area contributed by atoms with Crippen molar-refractivity contribution in [1.29, 1.82) is 0 Å². The summed E-state index contributed by atoms with van der Waals surface area (Å²) in [6, 6.07) is 20.3. The molecular formula is C23H18FN3O3. The Hall–Kier alpha value is -4.00. The largest absolute Gasteiger partial charge is 0.489 e. The van der Waals surface area contributed by atoms with E-state index in [-0.39, 0.29) is 11.1 Å². The number of aryl methyl sites for hydroxylation is 1. The van der Waals surface area contributed by atoms with E-state index in [9.17, 15) is 14.0 Å². The number of anilines is 1. The molecule has 0 aliphatic carbocycles. The molecule has 1 aromatic heterocycles. The number of aromatic nitrogens is 2. The van der Waals surface area contributed by atoms with Crippen molar-refractivity contribution < 1.29 is 13.9 Å². The fourth-order valence-corrected chi connectivity index (χ4v) is 3.11. The molecule has 1 heterocycles. The lowest BCUT2D eigenvalue weighted by molar-refractivity contribution is 0.101. The van der Waals surface area contributed by atoms with Crippen LogP contribution in [0.25, 0.3) is 10.9 Å². The molecule has 0 fully saturated rings. The van der Waals surface area contributed by atoms with Gasteiger partial charge in [-0.25, -0.2) is 4.39 Å². The highest BCUT2D eigenvalue weighted by Crippen LogP contribution is 2.16. The van der Waals surface area contributed by atoms with Gasteiger partial charge in [0.15, 0.2) is 5.69 Å². The maximum Gasteiger partial charge on any atom is 0.280 e. The molecular weight excluding hydrogens is 385 g/mol. The third-order valence-corrected chi connectivity index (χ3v) is 4.57. The molecule has 0 aliphatic rings. The Morgan fingerprint density at radius 3 is 2.67 bits per heavy atom. The van der Waals surface area contributed by atoms with Crippen LogP contribution in [0.15, 0.2) is 77.6 Å².